The molecule has 126 valence electrons. The Morgan fingerprint density at radius 1 is 1.21 bits per heavy atom. The third kappa shape index (κ3) is 3.61. The van der Waals surface area contributed by atoms with E-state index in [2.05, 4.69) is 14.5 Å². The third-order valence-corrected chi connectivity index (χ3v) is 4.52. The zero-order valence-corrected chi connectivity index (χ0v) is 14.1. The Bertz CT molecular complexity index is 869. The van der Waals surface area contributed by atoms with Gasteiger partial charge in [0.25, 0.3) is 10.0 Å². The van der Waals surface area contributed by atoms with Crippen LogP contribution in [0.5, 0.6) is 0 Å². The Balaban J connectivity index is 0.00000208. The van der Waals surface area contributed by atoms with Gasteiger partial charge < -0.3 is 5.11 Å². The van der Waals surface area contributed by atoms with E-state index in [-0.39, 0.29) is 36.3 Å². The van der Waals surface area contributed by atoms with E-state index in [1.807, 2.05) is 6.07 Å². The summed E-state index contributed by atoms with van der Waals surface area (Å²) in [4.78, 5) is 4.13. The lowest BCUT2D eigenvalue weighted by Gasteiger charge is -2.17. The first-order chi connectivity index (χ1) is 11.1. The number of rotatable bonds is 4. The molecule has 9 heteroatoms. The van der Waals surface area contributed by atoms with Crippen LogP contribution in [0, 0.1) is 0 Å². The number of sulfonamides is 1. The van der Waals surface area contributed by atoms with Crippen LogP contribution in [0.2, 0.25) is 0 Å². The summed E-state index contributed by atoms with van der Waals surface area (Å²) in [6, 6.07) is 10.1. The highest BCUT2D eigenvalue weighted by Gasteiger charge is 2.31. The van der Waals surface area contributed by atoms with Crippen LogP contribution >= 0.6 is 12.4 Å². The molecule has 0 radical (unpaired) electrons. The van der Waals surface area contributed by atoms with Crippen molar-refractivity contribution >= 4 is 34.5 Å². The molecule has 0 unspecified atom stereocenters. The molecule has 0 saturated carbocycles. The van der Waals surface area contributed by atoms with Gasteiger partial charge >= 0.3 is 0 Å². The fraction of sp³-hybridized carbons (Fsp3) is 0.133. The molecule has 0 spiro atoms. The summed E-state index contributed by atoms with van der Waals surface area (Å²) in [6.07, 6.45) is 4.81. The zero-order valence-electron chi connectivity index (χ0n) is 12.5. The SMILES string of the molecule is Cl.O=S1(=O)N=C(N(CCO)/N=C/c2cccnc2)c2ccccc21. The van der Waals surface area contributed by atoms with Gasteiger partial charge in [-0.2, -0.15) is 13.5 Å². The Labute approximate surface area is 145 Å². The van der Waals surface area contributed by atoms with E-state index < -0.39 is 10.0 Å². The maximum Gasteiger partial charge on any atom is 0.285 e. The molecule has 0 amide bonds. The molecule has 0 atom stereocenters. The molecule has 7 nitrogen and oxygen atoms in total. The third-order valence-electron chi connectivity index (χ3n) is 3.20. The number of nitrogens with zero attached hydrogens (tertiary/aromatic N) is 4. The quantitative estimate of drug-likeness (QED) is 0.649. The predicted octanol–water partition coefficient (Wildman–Crippen LogP) is 1.28. The van der Waals surface area contributed by atoms with Crippen molar-refractivity contribution in [2.45, 2.75) is 4.90 Å². The Kier molecular flexibility index (Phi) is 5.66. The number of benzene rings is 1. The molecule has 2 heterocycles. The summed E-state index contributed by atoms with van der Waals surface area (Å²) in [5.74, 6) is 0.204. The molecule has 3 rings (SSSR count). The number of aromatic nitrogens is 1. The Hall–Kier alpha value is -2.29. The van der Waals surface area contributed by atoms with Gasteiger partial charge in [-0.1, -0.05) is 18.2 Å². The lowest BCUT2D eigenvalue weighted by molar-refractivity contribution is 0.254. The zero-order chi connectivity index (χ0) is 16.3. The number of aliphatic hydroxyl groups excluding tert-OH is 1. The minimum absolute atomic E-state index is 0. The summed E-state index contributed by atoms with van der Waals surface area (Å²) < 4.78 is 28.0. The summed E-state index contributed by atoms with van der Waals surface area (Å²) in [5.41, 5.74) is 1.23. The van der Waals surface area contributed by atoms with Crippen molar-refractivity contribution in [1.29, 1.82) is 0 Å². The van der Waals surface area contributed by atoms with Crippen LogP contribution in [-0.4, -0.2) is 48.7 Å². The molecule has 0 aliphatic carbocycles. The number of hydrogen-bond donors (Lipinski definition) is 1. The van der Waals surface area contributed by atoms with Gasteiger partial charge in [-0.15, -0.1) is 16.8 Å². The highest BCUT2D eigenvalue weighted by molar-refractivity contribution is 7.90. The summed E-state index contributed by atoms with van der Waals surface area (Å²) in [7, 11) is -3.72. The number of halogens is 1. The largest absolute Gasteiger partial charge is 0.394 e. The monoisotopic (exact) mass is 366 g/mol. The molecule has 0 saturated heterocycles. The molecule has 1 aliphatic rings. The van der Waals surface area contributed by atoms with E-state index in [9.17, 15) is 13.5 Å². The number of hydrogen-bond acceptors (Lipinski definition) is 6. The smallest absolute Gasteiger partial charge is 0.285 e. The van der Waals surface area contributed by atoms with Gasteiger partial charge in [-0.3, -0.25) is 4.98 Å². The van der Waals surface area contributed by atoms with Gasteiger partial charge in [0.2, 0.25) is 0 Å². The topological polar surface area (TPSA) is 95.2 Å². The van der Waals surface area contributed by atoms with Gasteiger partial charge in [0.05, 0.1) is 19.4 Å². The highest BCUT2D eigenvalue weighted by Crippen LogP contribution is 2.27. The van der Waals surface area contributed by atoms with E-state index in [1.165, 1.54) is 11.1 Å². The summed E-state index contributed by atoms with van der Waals surface area (Å²) in [6.45, 7) is -0.0644. The number of aliphatic hydroxyl groups is 1. The van der Waals surface area contributed by atoms with Crippen LogP contribution in [-0.2, 0) is 10.0 Å². The van der Waals surface area contributed by atoms with Crippen molar-refractivity contribution in [3.63, 3.8) is 0 Å². The molecule has 1 aliphatic heterocycles. The van der Waals surface area contributed by atoms with Gasteiger partial charge in [-0.25, -0.2) is 5.01 Å². The molecular formula is C15H15ClN4O3S. The highest BCUT2D eigenvalue weighted by atomic mass is 35.5. The van der Waals surface area contributed by atoms with E-state index in [1.54, 1.807) is 42.9 Å². The Morgan fingerprint density at radius 2 is 2.00 bits per heavy atom. The minimum atomic E-state index is -3.72. The van der Waals surface area contributed by atoms with Gasteiger partial charge in [0, 0.05) is 23.5 Å². The molecule has 1 N–H and O–H groups in total. The molecule has 0 fully saturated rings. The van der Waals surface area contributed by atoms with Crippen molar-refractivity contribution in [2.75, 3.05) is 13.2 Å². The molecule has 1 aromatic heterocycles. The minimum Gasteiger partial charge on any atom is -0.394 e. The first kappa shape index (κ1) is 18.1. The van der Waals surface area contributed by atoms with E-state index in [0.29, 0.717) is 5.56 Å². The lowest BCUT2D eigenvalue weighted by atomic mass is 10.2. The van der Waals surface area contributed by atoms with E-state index in [4.69, 9.17) is 0 Å². The second-order valence-electron chi connectivity index (χ2n) is 4.76. The maximum atomic E-state index is 12.1. The molecular weight excluding hydrogens is 352 g/mol. The van der Waals surface area contributed by atoms with Crippen molar-refractivity contribution in [1.82, 2.24) is 9.99 Å². The van der Waals surface area contributed by atoms with Crippen molar-refractivity contribution < 1.29 is 13.5 Å². The number of hydrazone groups is 1. The summed E-state index contributed by atoms with van der Waals surface area (Å²) >= 11 is 0. The number of fused-ring (bicyclic) bond motifs is 1. The molecule has 24 heavy (non-hydrogen) atoms. The molecule has 0 bridgehead atoms. The second-order valence-corrected chi connectivity index (χ2v) is 6.34. The number of pyridine rings is 1. The normalized spacial score (nSPS) is 14.8. The van der Waals surface area contributed by atoms with Crippen molar-refractivity contribution in [3.8, 4) is 0 Å². The Morgan fingerprint density at radius 3 is 2.71 bits per heavy atom. The van der Waals surface area contributed by atoms with Crippen LogP contribution in [0.15, 0.2) is 63.2 Å². The fourth-order valence-electron chi connectivity index (χ4n) is 2.18. The van der Waals surface area contributed by atoms with Crippen LogP contribution in [0.25, 0.3) is 0 Å². The maximum absolute atomic E-state index is 12.1. The first-order valence-electron chi connectivity index (χ1n) is 6.88. The van der Waals surface area contributed by atoms with Crippen LogP contribution < -0.4 is 0 Å². The van der Waals surface area contributed by atoms with Gasteiger partial charge in [0.15, 0.2) is 5.84 Å². The molecule has 1 aromatic carbocycles. The van der Waals surface area contributed by atoms with Gasteiger partial charge in [-0.05, 0) is 18.2 Å². The fourth-order valence-corrected chi connectivity index (χ4v) is 3.38. The second kappa shape index (κ2) is 7.52. The van der Waals surface area contributed by atoms with E-state index in [0.717, 1.165) is 5.56 Å². The average Bonchev–Trinajstić information content (AvgIpc) is 2.84. The average molecular weight is 367 g/mol. The van der Waals surface area contributed by atoms with E-state index >= 15 is 0 Å². The van der Waals surface area contributed by atoms with Crippen molar-refractivity contribution in [3.05, 3.63) is 59.9 Å². The molecule has 2 aromatic rings. The lowest BCUT2D eigenvalue weighted by Crippen LogP contribution is -2.28. The van der Waals surface area contributed by atoms with Gasteiger partial charge in [0.1, 0.15) is 4.90 Å². The van der Waals surface area contributed by atoms with Crippen molar-refractivity contribution in [2.24, 2.45) is 9.50 Å². The predicted molar refractivity (Wildman–Crippen MR) is 93.0 cm³/mol. The van der Waals surface area contributed by atoms with Crippen LogP contribution in [0.4, 0.5) is 0 Å². The first-order valence-corrected chi connectivity index (χ1v) is 8.32. The van der Waals surface area contributed by atoms with Crippen LogP contribution in [0.3, 0.4) is 0 Å². The van der Waals surface area contributed by atoms with Crippen LogP contribution in [0.1, 0.15) is 11.1 Å². The standard InChI is InChI=1S/C15H14N4O3S.ClH/c20-9-8-19(17-11-12-4-3-7-16-10-12)15-13-5-1-2-6-14(13)23(21,22)18-15;/h1-7,10-11,20H,8-9H2;1H/b17-11+;. The number of amidine groups is 1. The summed E-state index contributed by atoms with van der Waals surface area (Å²) in [5, 5.41) is 14.9.